The van der Waals surface area contributed by atoms with Crippen molar-refractivity contribution < 1.29 is 18.1 Å². The van der Waals surface area contributed by atoms with E-state index in [1.807, 2.05) is 0 Å². The molecule has 8 heteroatoms. The minimum absolute atomic E-state index is 0.332. The van der Waals surface area contributed by atoms with Gasteiger partial charge in [-0.05, 0) is 0 Å². The molecule has 0 radical (unpaired) electrons. The highest BCUT2D eigenvalue weighted by Gasteiger charge is 2.24. The summed E-state index contributed by atoms with van der Waals surface area (Å²) in [7, 11) is 0. The largest absolute Gasteiger partial charge is 0.327 e. The van der Waals surface area contributed by atoms with E-state index in [1.54, 1.807) is 0 Å². The Balaban J connectivity index is 3.37. The fourth-order valence-corrected chi connectivity index (χ4v) is 1.16. The van der Waals surface area contributed by atoms with E-state index in [2.05, 4.69) is 4.98 Å². The normalized spacial score (nSPS) is 10.7. The second kappa shape index (κ2) is 4.43. The van der Waals surface area contributed by atoms with E-state index in [0.717, 1.165) is 0 Å². The van der Waals surface area contributed by atoms with Gasteiger partial charge < -0.3 is 0 Å². The number of halogens is 4. The lowest BCUT2D eigenvalue weighted by molar-refractivity contribution is -0.388. The Morgan fingerprint density at radius 1 is 1.60 bits per heavy atom. The standard InChI is InChI=1S/C7H4ClF3N2O2/c8-2-5-6(13(14)15)3(9)1-4(12-5)7(10)11/h1,7H,2H2. The smallest absolute Gasteiger partial charge is 0.258 e. The Morgan fingerprint density at radius 3 is 2.60 bits per heavy atom. The van der Waals surface area contributed by atoms with Crippen molar-refractivity contribution in [1.29, 1.82) is 0 Å². The number of rotatable bonds is 3. The van der Waals surface area contributed by atoms with Crippen LogP contribution in [0.1, 0.15) is 17.8 Å². The highest BCUT2D eigenvalue weighted by atomic mass is 35.5. The highest BCUT2D eigenvalue weighted by molar-refractivity contribution is 6.17. The predicted octanol–water partition coefficient (Wildman–Crippen LogP) is 2.81. The zero-order chi connectivity index (χ0) is 11.6. The van der Waals surface area contributed by atoms with Gasteiger partial charge in [0.05, 0.1) is 10.8 Å². The van der Waals surface area contributed by atoms with Crippen LogP contribution in [0.15, 0.2) is 6.07 Å². The first-order valence-corrected chi connectivity index (χ1v) is 4.18. The van der Waals surface area contributed by atoms with E-state index in [1.165, 1.54) is 0 Å². The lowest BCUT2D eigenvalue weighted by atomic mass is 10.2. The number of nitrogens with zero attached hydrogens (tertiary/aromatic N) is 2. The quantitative estimate of drug-likeness (QED) is 0.464. The molecule has 15 heavy (non-hydrogen) atoms. The minimum atomic E-state index is -3.00. The van der Waals surface area contributed by atoms with E-state index < -0.39 is 40.1 Å². The van der Waals surface area contributed by atoms with E-state index in [4.69, 9.17) is 11.6 Å². The molecule has 82 valence electrons. The van der Waals surface area contributed by atoms with Crippen molar-refractivity contribution in [1.82, 2.24) is 4.98 Å². The zero-order valence-corrected chi connectivity index (χ0v) is 7.84. The van der Waals surface area contributed by atoms with Crippen LogP contribution in [0.4, 0.5) is 18.9 Å². The highest BCUT2D eigenvalue weighted by Crippen LogP contribution is 2.27. The molecule has 0 saturated carbocycles. The van der Waals surface area contributed by atoms with Crippen LogP contribution in [-0.2, 0) is 5.88 Å². The van der Waals surface area contributed by atoms with E-state index in [0.29, 0.717) is 6.07 Å². The molecule has 0 fully saturated rings. The monoisotopic (exact) mass is 240 g/mol. The van der Waals surface area contributed by atoms with Gasteiger partial charge in [0.15, 0.2) is 0 Å². The van der Waals surface area contributed by atoms with E-state index >= 15 is 0 Å². The van der Waals surface area contributed by atoms with Gasteiger partial charge in [-0.2, -0.15) is 4.39 Å². The maximum absolute atomic E-state index is 13.0. The molecule has 1 heterocycles. The van der Waals surface area contributed by atoms with Crippen LogP contribution in [0.2, 0.25) is 0 Å². The maximum atomic E-state index is 13.0. The van der Waals surface area contributed by atoms with Crippen LogP contribution in [0, 0.1) is 15.9 Å². The van der Waals surface area contributed by atoms with Crippen LogP contribution in [0.25, 0.3) is 0 Å². The molecule has 0 amide bonds. The Morgan fingerprint density at radius 2 is 2.20 bits per heavy atom. The second-order valence-corrected chi connectivity index (χ2v) is 2.78. The average molecular weight is 241 g/mol. The van der Waals surface area contributed by atoms with E-state index in [-0.39, 0.29) is 0 Å². The van der Waals surface area contributed by atoms with Gasteiger partial charge in [-0.3, -0.25) is 10.1 Å². The van der Waals surface area contributed by atoms with E-state index in [9.17, 15) is 23.3 Å². The number of hydrogen-bond donors (Lipinski definition) is 0. The van der Waals surface area contributed by atoms with Gasteiger partial charge in [0, 0.05) is 6.07 Å². The summed E-state index contributed by atoms with van der Waals surface area (Å²) in [6.07, 6.45) is -3.00. The fourth-order valence-electron chi connectivity index (χ4n) is 0.975. The number of alkyl halides is 3. The first-order valence-electron chi connectivity index (χ1n) is 3.65. The third kappa shape index (κ3) is 2.35. The van der Waals surface area contributed by atoms with Crippen molar-refractivity contribution in [3.8, 4) is 0 Å². The maximum Gasteiger partial charge on any atom is 0.327 e. The minimum Gasteiger partial charge on any atom is -0.258 e. The first kappa shape index (κ1) is 11.7. The summed E-state index contributed by atoms with van der Waals surface area (Å²) >= 11 is 5.25. The third-order valence-electron chi connectivity index (χ3n) is 1.57. The van der Waals surface area contributed by atoms with Crippen molar-refractivity contribution >= 4 is 17.3 Å². The van der Waals surface area contributed by atoms with Crippen LogP contribution >= 0.6 is 11.6 Å². The third-order valence-corrected chi connectivity index (χ3v) is 1.82. The SMILES string of the molecule is O=[N+]([O-])c1c(F)cc(C(F)F)nc1CCl. The van der Waals surface area contributed by atoms with Crippen molar-refractivity contribution in [2.45, 2.75) is 12.3 Å². The summed E-state index contributed by atoms with van der Waals surface area (Å²) in [6.45, 7) is 0. The molecule has 0 unspecified atom stereocenters. The Labute approximate surface area is 86.8 Å². The van der Waals surface area contributed by atoms with Crippen LogP contribution in [0.5, 0.6) is 0 Å². The first-order chi connectivity index (χ1) is 6.97. The van der Waals surface area contributed by atoms with Gasteiger partial charge in [0.2, 0.25) is 5.82 Å². The molecule has 0 aliphatic heterocycles. The molecular formula is C7H4ClF3N2O2. The molecule has 0 atom stereocenters. The summed E-state index contributed by atoms with van der Waals surface area (Å²) in [5.41, 5.74) is -2.33. The van der Waals surface area contributed by atoms with Crippen molar-refractivity contribution in [3.05, 3.63) is 33.4 Å². The Hall–Kier alpha value is -1.37. The molecule has 0 aromatic carbocycles. The van der Waals surface area contributed by atoms with Crippen molar-refractivity contribution in [3.63, 3.8) is 0 Å². The van der Waals surface area contributed by atoms with Gasteiger partial charge in [0.25, 0.3) is 6.43 Å². The second-order valence-electron chi connectivity index (χ2n) is 2.52. The van der Waals surface area contributed by atoms with Crippen LogP contribution < -0.4 is 0 Å². The summed E-state index contributed by atoms with van der Waals surface area (Å²) in [5.74, 6) is -1.87. The van der Waals surface area contributed by atoms with Crippen molar-refractivity contribution in [2.24, 2.45) is 0 Å². The molecule has 0 bridgehead atoms. The molecule has 1 aromatic heterocycles. The summed E-state index contributed by atoms with van der Waals surface area (Å²) in [6, 6.07) is 0.332. The van der Waals surface area contributed by atoms with Crippen LogP contribution in [0.3, 0.4) is 0 Å². The number of aromatic nitrogens is 1. The molecule has 0 N–H and O–H groups in total. The molecular weight excluding hydrogens is 237 g/mol. The zero-order valence-electron chi connectivity index (χ0n) is 7.08. The van der Waals surface area contributed by atoms with Crippen molar-refractivity contribution in [2.75, 3.05) is 0 Å². The number of nitro groups is 1. The average Bonchev–Trinajstić information content (AvgIpc) is 2.15. The molecule has 4 nitrogen and oxygen atoms in total. The molecule has 0 spiro atoms. The molecule has 1 rings (SSSR count). The Bertz CT molecular complexity index is 400. The summed E-state index contributed by atoms with van der Waals surface area (Å²) < 4.78 is 37.3. The number of pyridine rings is 1. The molecule has 1 aromatic rings. The van der Waals surface area contributed by atoms with Gasteiger partial charge in [-0.1, -0.05) is 0 Å². The molecule has 0 aliphatic rings. The van der Waals surface area contributed by atoms with Gasteiger partial charge in [0.1, 0.15) is 11.4 Å². The van der Waals surface area contributed by atoms with Crippen LogP contribution in [-0.4, -0.2) is 9.91 Å². The lowest BCUT2D eigenvalue weighted by Gasteiger charge is -2.03. The lowest BCUT2D eigenvalue weighted by Crippen LogP contribution is -2.04. The number of hydrogen-bond acceptors (Lipinski definition) is 3. The molecule has 0 saturated heterocycles. The fraction of sp³-hybridized carbons (Fsp3) is 0.286. The molecule has 0 aliphatic carbocycles. The summed E-state index contributed by atoms with van der Waals surface area (Å²) in [4.78, 5) is 12.5. The summed E-state index contributed by atoms with van der Waals surface area (Å²) in [5, 5.41) is 10.4. The van der Waals surface area contributed by atoms with Gasteiger partial charge in [-0.25, -0.2) is 13.8 Å². The van der Waals surface area contributed by atoms with Gasteiger partial charge >= 0.3 is 5.69 Å². The topological polar surface area (TPSA) is 56.0 Å². The van der Waals surface area contributed by atoms with Gasteiger partial charge in [-0.15, -0.1) is 11.6 Å². The predicted molar refractivity (Wildman–Crippen MR) is 45.4 cm³/mol. The Kier molecular flexibility index (Phi) is 3.46.